The van der Waals surface area contributed by atoms with E-state index >= 15 is 0 Å². The summed E-state index contributed by atoms with van der Waals surface area (Å²) in [7, 11) is 0. The molecule has 5 rings (SSSR count). The number of likely N-dealkylation sites (tertiary alicyclic amines) is 1. The number of nitrogens with two attached hydrogens (primary N) is 1. The highest BCUT2D eigenvalue weighted by molar-refractivity contribution is 5.64. The second-order valence-electron chi connectivity index (χ2n) is 9.53. The molecule has 1 saturated heterocycles. The fourth-order valence-electron chi connectivity index (χ4n) is 5.78. The van der Waals surface area contributed by atoms with E-state index in [0.717, 1.165) is 6.42 Å². The zero-order valence-corrected chi connectivity index (χ0v) is 18.5. The van der Waals surface area contributed by atoms with Crippen LogP contribution < -0.4 is 10.5 Å². The van der Waals surface area contributed by atoms with Crippen molar-refractivity contribution in [1.29, 1.82) is 0 Å². The van der Waals surface area contributed by atoms with Crippen molar-refractivity contribution in [3.8, 4) is 17.0 Å². The van der Waals surface area contributed by atoms with Crippen LogP contribution in [0.4, 0.5) is 19.0 Å². The van der Waals surface area contributed by atoms with Crippen LogP contribution in [-0.4, -0.2) is 45.2 Å². The standard InChI is InChI=1S/C23H30F3N5O/c1-3-13(2)31-19(21-16-9-15(10-17(16)21)30-6-4-5-7-30)11-18(29-31)14-8-20(22(27)28-12-14)32-23(24,25)26/h8,11-13,15-17,21H,3-7,9-10H2,1-2H3,(H2,27,28)/t13?,15?,16-,17+,21?. The number of ether oxygens (including phenoxy) is 1. The van der Waals surface area contributed by atoms with E-state index in [9.17, 15) is 13.2 Å². The van der Waals surface area contributed by atoms with Crippen molar-refractivity contribution < 1.29 is 17.9 Å². The van der Waals surface area contributed by atoms with Gasteiger partial charge in [0.2, 0.25) is 0 Å². The predicted octanol–water partition coefficient (Wildman–Crippen LogP) is 4.98. The molecule has 0 radical (unpaired) electrons. The van der Waals surface area contributed by atoms with Gasteiger partial charge < -0.3 is 15.4 Å². The number of hydrogen-bond donors (Lipinski definition) is 1. The number of fused-ring (bicyclic) bond motifs is 1. The molecule has 3 heterocycles. The van der Waals surface area contributed by atoms with Crippen LogP contribution in [0, 0.1) is 11.8 Å². The third kappa shape index (κ3) is 3.95. The maximum absolute atomic E-state index is 12.7. The summed E-state index contributed by atoms with van der Waals surface area (Å²) in [4.78, 5) is 6.57. The lowest BCUT2D eigenvalue weighted by atomic mass is 10.0. The molecule has 0 spiro atoms. The number of rotatable bonds is 6. The van der Waals surface area contributed by atoms with Crippen molar-refractivity contribution in [2.45, 2.75) is 70.3 Å². The minimum Gasteiger partial charge on any atom is -0.402 e. The molecule has 3 fully saturated rings. The Labute approximate surface area is 185 Å². The average Bonchev–Trinajstić information content (AvgIpc) is 3.25. The maximum atomic E-state index is 12.7. The smallest absolute Gasteiger partial charge is 0.402 e. The van der Waals surface area contributed by atoms with Gasteiger partial charge in [0.05, 0.1) is 5.69 Å². The molecule has 2 aliphatic carbocycles. The van der Waals surface area contributed by atoms with Gasteiger partial charge in [-0.2, -0.15) is 5.10 Å². The van der Waals surface area contributed by atoms with E-state index < -0.39 is 12.1 Å². The van der Waals surface area contributed by atoms with E-state index in [0.29, 0.717) is 35.1 Å². The molecule has 1 aliphatic heterocycles. The van der Waals surface area contributed by atoms with Crippen molar-refractivity contribution in [2.75, 3.05) is 18.8 Å². The van der Waals surface area contributed by atoms with Gasteiger partial charge in [0.1, 0.15) is 0 Å². The number of halogens is 3. The molecule has 2 N–H and O–H groups in total. The molecule has 0 aromatic carbocycles. The molecule has 0 amide bonds. The van der Waals surface area contributed by atoms with Crippen molar-refractivity contribution >= 4 is 5.82 Å². The number of nitrogens with zero attached hydrogens (tertiary/aromatic N) is 4. The van der Waals surface area contributed by atoms with E-state index in [2.05, 4.69) is 33.2 Å². The Kier molecular flexibility index (Phi) is 5.34. The van der Waals surface area contributed by atoms with Gasteiger partial charge in [-0.25, -0.2) is 4.98 Å². The first-order chi connectivity index (χ1) is 15.2. The summed E-state index contributed by atoms with van der Waals surface area (Å²) < 4.78 is 44.3. The van der Waals surface area contributed by atoms with Crippen molar-refractivity contribution in [1.82, 2.24) is 19.7 Å². The van der Waals surface area contributed by atoms with Gasteiger partial charge in [-0.1, -0.05) is 6.92 Å². The van der Waals surface area contributed by atoms with E-state index in [-0.39, 0.29) is 11.9 Å². The quantitative estimate of drug-likeness (QED) is 0.673. The number of anilines is 1. The van der Waals surface area contributed by atoms with Crippen LogP contribution in [0.2, 0.25) is 0 Å². The average molecular weight is 450 g/mol. The number of hydrogen-bond acceptors (Lipinski definition) is 5. The number of aromatic nitrogens is 3. The predicted molar refractivity (Wildman–Crippen MR) is 115 cm³/mol. The van der Waals surface area contributed by atoms with E-state index in [4.69, 9.17) is 10.8 Å². The Morgan fingerprint density at radius 1 is 1.19 bits per heavy atom. The van der Waals surface area contributed by atoms with E-state index in [1.807, 2.05) is 6.07 Å². The van der Waals surface area contributed by atoms with Crippen molar-refractivity contribution in [2.24, 2.45) is 11.8 Å². The number of pyridine rings is 1. The number of alkyl halides is 3. The van der Waals surface area contributed by atoms with E-state index in [1.165, 1.54) is 56.7 Å². The zero-order valence-electron chi connectivity index (χ0n) is 18.5. The SMILES string of the molecule is CCC(C)n1nc(-c2cnc(N)c(OC(F)(F)F)c2)cc1C1[C@H]2CC(N3CCCC3)C[C@@H]12. The summed E-state index contributed by atoms with van der Waals surface area (Å²) in [6.07, 6.45) is 2.67. The van der Waals surface area contributed by atoms with Crippen LogP contribution >= 0.6 is 0 Å². The van der Waals surface area contributed by atoms with Gasteiger partial charge in [-0.05, 0) is 76.1 Å². The molecule has 2 aromatic rings. The maximum Gasteiger partial charge on any atom is 0.573 e. The van der Waals surface area contributed by atoms with Gasteiger partial charge in [0.15, 0.2) is 11.6 Å². The highest BCUT2D eigenvalue weighted by Gasteiger charge is 2.58. The second-order valence-corrected chi connectivity index (χ2v) is 9.53. The molecule has 5 atom stereocenters. The van der Waals surface area contributed by atoms with Crippen LogP contribution in [0.15, 0.2) is 18.3 Å². The first kappa shape index (κ1) is 21.6. The molecule has 6 nitrogen and oxygen atoms in total. The molecule has 2 aromatic heterocycles. The topological polar surface area (TPSA) is 69.2 Å². The largest absolute Gasteiger partial charge is 0.573 e. The van der Waals surface area contributed by atoms with Crippen LogP contribution in [0.3, 0.4) is 0 Å². The molecule has 3 unspecified atom stereocenters. The number of nitrogen functional groups attached to an aromatic ring is 1. The summed E-state index contributed by atoms with van der Waals surface area (Å²) in [5.41, 5.74) is 7.88. The lowest BCUT2D eigenvalue weighted by molar-refractivity contribution is -0.274. The highest BCUT2D eigenvalue weighted by atomic mass is 19.4. The third-order valence-electron chi connectivity index (χ3n) is 7.59. The van der Waals surface area contributed by atoms with E-state index in [1.54, 1.807) is 0 Å². The summed E-state index contributed by atoms with van der Waals surface area (Å²) in [5, 5.41) is 4.79. The Morgan fingerprint density at radius 2 is 1.88 bits per heavy atom. The molecule has 3 aliphatic rings. The molecule has 0 bridgehead atoms. The van der Waals surface area contributed by atoms with Crippen LogP contribution in [0.1, 0.15) is 63.6 Å². The van der Waals surface area contributed by atoms with Gasteiger partial charge in [0.25, 0.3) is 0 Å². The Balaban J connectivity index is 1.40. The molecule has 2 saturated carbocycles. The summed E-state index contributed by atoms with van der Waals surface area (Å²) in [6, 6.07) is 4.23. The Hall–Kier alpha value is -2.29. The molecule has 174 valence electrons. The molecule has 9 heteroatoms. The normalized spacial score (nSPS) is 28.7. The highest BCUT2D eigenvalue weighted by Crippen LogP contribution is 2.64. The first-order valence-corrected chi connectivity index (χ1v) is 11.6. The minimum atomic E-state index is -4.83. The fraction of sp³-hybridized carbons (Fsp3) is 0.652. The lowest BCUT2D eigenvalue weighted by Gasteiger charge is -2.25. The van der Waals surface area contributed by atoms with Gasteiger partial charge in [0, 0.05) is 35.5 Å². The fourth-order valence-corrected chi connectivity index (χ4v) is 5.78. The lowest BCUT2D eigenvalue weighted by Crippen LogP contribution is -2.31. The summed E-state index contributed by atoms with van der Waals surface area (Å²) in [6.45, 7) is 6.71. The molecular weight excluding hydrogens is 419 g/mol. The van der Waals surface area contributed by atoms with Crippen molar-refractivity contribution in [3.63, 3.8) is 0 Å². The Bertz CT molecular complexity index is 972. The van der Waals surface area contributed by atoms with Gasteiger partial charge in [-0.15, -0.1) is 13.2 Å². The second kappa shape index (κ2) is 7.93. The first-order valence-electron chi connectivity index (χ1n) is 11.6. The minimum absolute atomic E-state index is 0.210. The van der Waals surface area contributed by atoms with Crippen LogP contribution in [-0.2, 0) is 0 Å². The van der Waals surface area contributed by atoms with Gasteiger partial charge in [-0.3, -0.25) is 4.68 Å². The van der Waals surface area contributed by atoms with Gasteiger partial charge >= 0.3 is 6.36 Å². The third-order valence-corrected chi connectivity index (χ3v) is 7.59. The zero-order chi connectivity index (χ0) is 22.6. The molecule has 32 heavy (non-hydrogen) atoms. The monoisotopic (exact) mass is 449 g/mol. The van der Waals surface area contributed by atoms with Crippen molar-refractivity contribution in [3.05, 3.63) is 24.0 Å². The summed E-state index contributed by atoms with van der Waals surface area (Å²) in [5.74, 6) is 1.06. The summed E-state index contributed by atoms with van der Waals surface area (Å²) >= 11 is 0. The van der Waals surface area contributed by atoms with Crippen LogP contribution in [0.25, 0.3) is 11.3 Å². The Morgan fingerprint density at radius 3 is 2.50 bits per heavy atom. The molecular formula is C23H30F3N5O. The van der Waals surface area contributed by atoms with Crippen LogP contribution in [0.5, 0.6) is 5.75 Å².